The highest BCUT2D eigenvalue weighted by molar-refractivity contribution is 7.80. The molecule has 1 aromatic carbocycles. The maximum atomic E-state index is 11.0. The zero-order valence-electron chi connectivity index (χ0n) is 8.82. The highest BCUT2D eigenvalue weighted by Gasteiger charge is 1.97. The van der Waals surface area contributed by atoms with Crippen molar-refractivity contribution in [1.29, 1.82) is 0 Å². The molecule has 1 rings (SSSR count). The quantitative estimate of drug-likeness (QED) is 0.474. The van der Waals surface area contributed by atoms with Crippen LogP contribution in [0, 0.1) is 11.8 Å². The van der Waals surface area contributed by atoms with Gasteiger partial charge in [-0.25, -0.2) is 4.79 Å². The van der Waals surface area contributed by atoms with Gasteiger partial charge in [0.15, 0.2) is 0 Å². The Morgan fingerprint density at radius 3 is 2.94 bits per heavy atom. The van der Waals surface area contributed by atoms with Crippen molar-refractivity contribution in [2.45, 2.75) is 6.92 Å². The normalized spacial score (nSPS) is 8.81. The minimum Gasteiger partial charge on any atom is -0.456 e. The summed E-state index contributed by atoms with van der Waals surface area (Å²) >= 11 is 4.84. The molecule has 3 nitrogen and oxygen atoms in total. The van der Waals surface area contributed by atoms with Crippen LogP contribution in [0.15, 0.2) is 24.3 Å². The van der Waals surface area contributed by atoms with Gasteiger partial charge in [0.25, 0.3) is 0 Å². The minimum absolute atomic E-state index is 0.305. The number of ether oxygens (including phenoxy) is 1. The van der Waals surface area contributed by atoms with Crippen molar-refractivity contribution in [3.8, 4) is 11.8 Å². The summed E-state index contributed by atoms with van der Waals surface area (Å²) in [5, 5.41) is 0. The lowest BCUT2D eigenvalue weighted by Gasteiger charge is -1.97. The standard InChI is InChI=1S/C12H11NO2S/c1-2-15-11(14)7-6-9-4-3-5-10(8-9)12(13)16/h3-5,8H,2H2,1H3,(H2,13,16). The van der Waals surface area contributed by atoms with E-state index in [2.05, 4.69) is 16.6 Å². The third-order valence-corrected chi connectivity index (χ3v) is 1.97. The van der Waals surface area contributed by atoms with E-state index in [1.807, 2.05) is 0 Å². The van der Waals surface area contributed by atoms with Gasteiger partial charge in [0.1, 0.15) is 4.99 Å². The van der Waals surface area contributed by atoms with Crippen LogP contribution in [0.25, 0.3) is 0 Å². The highest BCUT2D eigenvalue weighted by atomic mass is 32.1. The molecule has 0 spiro atoms. The molecule has 4 heteroatoms. The van der Waals surface area contributed by atoms with E-state index in [-0.39, 0.29) is 0 Å². The number of hydrogen-bond acceptors (Lipinski definition) is 3. The van der Waals surface area contributed by atoms with Gasteiger partial charge in [-0.05, 0) is 19.1 Å². The number of hydrogen-bond donors (Lipinski definition) is 1. The number of thiocarbonyl (C=S) groups is 1. The maximum absolute atomic E-state index is 11.0. The zero-order chi connectivity index (χ0) is 12.0. The SMILES string of the molecule is CCOC(=O)C#Cc1cccc(C(N)=S)c1. The Kier molecular flexibility index (Phi) is 4.49. The molecule has 2 N–H and O–H groups in total. The van der Waals surface area contributed by atoms with Gasteiger partial charge in [0, 0.05) is 17.0 Å². The first-order valence-corrected chi connectivity index (χ1v) is 5.13. The largest absolute Gasteiger partial charge is 0.456 e. The maximum Gasteiger partial charge on any atom is 0.384 e. The number of esters is 1. The predicted molar refractivity (Wildman–Crippen MR) is 65.8 cm³/mol. The van der Waals surface area contributed by atoms with Gasteiger partial charge in [0.05, 0.1) is 6.61 Å². The third kappa shape index (κ3) is 3.71. The van der Waals surface area contributed by atoms with Crippen LogP contribution in [0.2, 0.25) is 0 Å². The van der Waals surface area contributed by atoms with Crippen LogP contribution in [0.4, 0.5) is 0 Å². The van der Waals surface area contributed by atoms with Crippen molar-refractivity contribution in [1.82, 2.24) is 0 Å². The molecule has 0 aliphatic rings. The molecule has 0 aromatic heterocycles. The Balaban J connectivity index is 2.85. The average molecular weight is 233 g/mol. The Bertz CT molecular complexity index is 471. The van der Waals surface area contributed by atoms with Crippen molar-refractivity contribution < 1.29 is 9.53 Å². The number of rotatable bonds is 2. The Morgan fingerprint density at radius 1 is 1.56 bits per heavy atom. The molecule has 82 valence electrons. The molecular formula is C12H11NO2S. The minimum atomic E-state index is -0.539. The highest BCUT2D eigenvalue weighted by Crippen LogP contribution is 2.03. The molecule has 0 heterocycles. The van der Waals surface area contributed by atoms with E-state index in [0.717, 1.165) is 5.56 Å². The monoisotopic (exact) mass is 233 g/mol. The first-order valence-electron chi connectivity index (χ1n) is 4.72. The number of benzene rings is 1. The van der Waals surface area contributed by atoms with Crippen LogP contribution in [0.5, 0.6) is 0 Å². The van der Waals surface area contributed by atoms with E-state index < -0.39 is 5.97 Å². The topological polar surface area (TPSA) is 52.3 Å². The second kappa shape index (κ2) is 5.89. The van der Waals surface area contributed by atoms with Crippen LogP contribution in [-0.2, 0) is 9.53 Å². The van der Waals surface area contributed by atoms with Crippen LogP contribution in [0.1, 0.15) is 18.1 Å². The smallest absolute Gasteiger partial charge is 0.384 e. The van der Waals surface area contributed by atoms with Gasteiger partial charge in [-0.1, -0.05) is 30.3 Å². The van der Waals surface area contributed by atoms with E-state index in [1.165, 1.54) is 0 Å². The first-order chi connectivity index (χ1) is 7.63. The van der Waals surface area contributed by atoms with E-state index in [9.17, 15) is 4.79 Å². The molecule has 0 amide bonds. The molecule has 0 aliphatic heterocycles. The lowest BCUT2D eigenvalue weighted by Crippen LogP contribution is -2.09. The molecule has 0 saturated carbocycles. The summed E-state index contributed by atoms with van der Waals surface area (Å²) in [4.78, 5) is 11.3. The molecule has 0 atom stereocenters. The average Bonchev–Trinajstić information content (AvgIpc) is 2.27. The van der Waals surface area contributed by atoms with Crippen LogP contribution >= 0.6 is 12.2 Å². The fourth-order valence-electron chi connectivity index (χ4n) is 1.04. The number of carbonyl (C=O) groups is 1. The summed E-state index contributed by atoms with van der Waals surface area (Å²) in [6.45, 7) is 2.05. The second-order valence-corrected chi connectivity index (χ2v) is 3.36. The summed E-state index contributed by atoms with van der Waals surface area (Å²) < 4.78 is 4.68. The second-order valence-electron chi connectivity index (χ2n) is 2.92. The molecule has 1 aromatic rings. The van der Waals surface area contributed by atoms with Crippen molar-refractivity contribution in [3.05, 3.63) is 35.4 Å². The summed E-state index contributed by atoms with van der Waals surface area (Å²) in [6, 6.07) is 7.07. The van der Waals surface area contributed by atoms with Gasteiger partial charge in [-0.3, -0.25) is 0 Å². The van der Waals surface area contributed by atoms with Gasteiger partial charge in [-0.15, -0.1) is 0 Å². The predicted octanol–water partition coefficient (Wildman–Crippen LogP) is 1.24. The van der Waals surface area contributed by atoms with Gasteiger partial charge < -0.3 is 10.5 Å². The molecule has 0 aliphatic carbocycles. The van der Waals surface area contributed by atoms with E-state index >= 15 is 0 Å². The van der Waals surface area contributed by atoms with Crippen LogP contribution in [-0.4, -0.2) is 17.6 Å². The van der Waals surface area contributed by atoms with Crippen molar-refractivity contribution in [3.63, 3.8) is 0 Å². The van der Waals surface area contributed by atoms with E-state index in [4.69, 9.17) is 18.0 Å². The molecule has 0 unspecified atom stereocenters. The van der Waals surface area contributed by atoms with Crippen LogP contribution < -0.4 is 5.73 Å². The zero-order valence-corrected chi connectivity index (χ0v) is 9.64. The van der Waals surface area contributed by atoms with E-state index in [0.29, 0.717) is 17.2 Å². The summed E-state index contributed by atoms with van der Waals surface area (Å²) in [5.74, 6) is 4.52. The fourth-order valence-corrected chi connectivity index (χ4v) is 1.17. The number of carbonyl (C=O) groups excluding carboxylic acids is 1. The molecule has 16 heavy (non-hydrogen) atoms. The van der Waals surface area contributed by atoms with Crippen molar-refractivity contribution in [2.75, 3.05) is 6.61 Å². The summed E-state index contributed by atoms with van der Waals surface area (Å²) in [6.07, 6.45) is 0. The molecule has 0 bridgehead atoms. The molecule has 0 saturated heterocycles. The lowest BCUT2D eigenvalue weighted by molar-refractivity contribution is -0.136. The lowest BCUT2D eigenvalue weighted by atomic mass is 10.1. The Hall–Kier alpha value is -1.86. The van der Waals surface area contributed by atoms with Crippen molar-refractivity contribution in [2.24, 2.45) is 5.73 Å². The fraction of sp³-hybridized carbons (Fsp3) is 0.167. The Morgan fingerprint density at radius 2 is 2.31 bits per heavy atom. The van der Waals surface area contributed by atoms with Crippen LogP contribution in [0.3, 0.4) is 0 Å². The summed E-state index contributed by atoms with van der Waals surface area (Å²) in [7, 11) is 0. The van der Waals surface area contributed by atoms with Crippen molar-refractivity contribution >= 4 is 23.2 Å². The summed E-state index contributed by atoms with van der Waals surface area (Å²) in [5.41, 5.74) is 6.88. The molecule has 0 radical (unpaired) electrons. The van der Waals surface area contributed by atoms with Gasteiger partial charge in [0.2, 0.25) is 0 Å². The van der Waals surface area contributed by atoms with Gasteiger partial charge >= 0.3 is 5.97 Å². The number of nitrogens with two attached hydrogens (primary N) is 1. The third-order valence-electron chi connectivity index (χ3n) is 1.73. The Labute approximate surface area is 99.6 Å². The van der Waals surface area contributed by atoms with Gasteiger partial charge in [-0.2, -0.15) is 0 Å². The molecular weight excluding hydrogens is 222 g/mol. The van der Waals surface area contributed by atoms with E-state index in [1.54, 1.807) is 31.2 Å². The first kappa shape index (κ1) is 12.2. The molecule has 0 fully saturated rings.